The molecule has 7 nitrogen and oxygen atoms in total. The van der Waals surface area contributed by atoms with Gasteiger partial charge in [0.1, 0.15) is 5.00 Å². The van der Waals surface area contributed by atoms with Gasteiger partial charge >= 0.3 is 0 Å². The number of nitrogens with zero attached hydrogens (tertiary/aromatic N) is 1. The quantitative estimate of drug-likeness (QED) is 0.567. The molecule has 3 rings (SSSR count). The van der Waals surface area contributed by atoms with Crippen LogP contribution in [0.25, 0.3) is 11.1 Å². The lowest BCUT2D eigenvalue weighted by Gasteiger charge is -2.16. The Kier molecular flexibility index (Phi) is 6.54. The van der Waals surface area contributed by atoms with Crippen molar-refractivity contribution in [1.29, 1.82) is 0 Å². The Morgan fingerprint density at radius 1 is 1.03 bits per heavy atom. The number of benzene rings is 2. The molecule has 32 heavy (non-hydrogen) atoms. The molecule has 1 aromatic heterocycles. The van der Waals surface area contributed by atoms with Gasteiger partial charge < -0.3 is 11.1 Å². The summed E-state index contributed by atoms with van der Waals surface area (Å²) >= 11 is 1.25. The molecule has 9 heteroatoms. The standard InChI is InChI=1S/C23H25N3O4S2/c1-13-11-17(12-18(14(13)2)32(29,30)26(4)5)22(28)25-23-20(21(24)27)19(15(3)31-23)16-9-7-6-8-10-16/h6-12H,1-5H3,(H2,24,27)(H,25,28). The largest absolute Gasteiger partial charge is 0.365 e. The summed E-state index contributed by atoms with van der Waals surface area (Å²) in [4.78, 5) is 26.3. The average molecular weight is 472 g/mol. The van der Waals surface area contributed by atoms with E-state index in [1.54, 1.807) is 19.9 Å². The summed E-state index contributed by atoms with van der Waals surface area (Å²) in [5.74, 6) is -1.17. The SMILES string of the molecule is Cc1cc(C(=O)Nc2sc(C)c(-c3ccccc3)c2C(N)=O)cc(S(=O)(=O)N(C)C)c1C. The summed E-state index contributed by atoms with van der Waals surface area (Å²) in [6.45, 7) is 5.30. The van der Waals surface area contributed by atoms with E-state index in [1.807, 2.05) is 37.3 Å². The molecule has 0 saturated carbocycles. The maximum Gasteiger partial charge on any atom is 0.256 e. The van der Waals surface area contributed by atoms with Gasteiger partial charge in [0.2, 0.25) is 10.0 Å². The molecule has 3 aromatic rings. The van der Waals surface area contributed by atoms with E-state index in [1.165, 1.54) is 31.5 Å². The molecule has 0 radical (unpaired) electrons. The van der Waals surface area contributed by atoms with Gasteiger partial charge in [-0.25, -0.2) is 12.7 Å². The molecular formula is C23H25N3O4S2. The van der Waals surface area contributed by atoms with Crippen molar-refractivity contribution in [2.45, 2.75) is 25.7 Å². The Hall–Kier alpha value is -3.01. The zero-order valence-electron chi connectivity index (χ0n) is 18.5. The number of carbonyl (C=O) groups is 2. The number of anilines is 1. The van der Waals surface area contributed by atoms with E-state index in [9.17, 15) is 18.0 Å². The third kappa shape index (κ3) is 4.32. The van der Waals surface area contributed by atoms with Crippen molar-refractivity contribution < 1.29 is 18.0 Å². The zero-order valence-corrected chi connectivity index (χ0v) is 20.1. The predicted molar refractivity (Wildman–Crippen MR) is 128 cm³/mol. The van der Waals surface area contributed by atoms with Crippen LogP contribution in [0.3, 0.4) is 0 Å². The Balaban J connectivity index is 2.07. The van der Waals surface area contributed by atoms with Gasteiger partial charge in [0.05, 0.1) is 10.5 Å². The Morgan fingerprint density at radius 3 is 2.22 bits per heavy atom. The molecule has 0 unspecified atom stereocenters. The molecule has 1 heterocycles. The average Bonchev–Trinajstić information content (AvgIpc) is 3.05. The molecule has 0 atom stereocenters. The Bertz CT molecular complexity index is 1310. The summed E-state index contributed by atoms with van der Waals surface area (Å²) in [5, 5.41) is 3.09. The number of primary amides is 1. The number of sulfonamides is 1. The second-order valence-corrected chi connectivity index (χ2v) is 11.0. The predicted octanol–water partition coefficient (Wildman–Crippen LogP) is 3.94. The minimum absolute atomic E-state index is 0.0649. The summed E-state index contributed by atoms with van der Waals surface area (Å²) in [7, 11) is -0.857. The second kappa shape index (κ2) is 8.85. The molecule has 0 fully saturated rings. The summed E-state index contributed by atoms with van der Waals surface area (Å²) < 4.78 is 26.6. The lowest BCUT2D eigenvalue weighted by Crippen LogP contribution is -2.24. The molecule has 3 N–H and O–H groups in total. The molecular weight excluding hydrogens is 446 g/mol. The van der Waals surface area contributed by atoms with Crippen LogP contribution < -0.4 is 11.1 Å². The van der Waals surface area contributed by atoms with Crippen molar-refractivity contribution in [1.82, 2.24) is 4.31 Å². The molecule has 0 saturated heterocycles. The fourth-order valence-corrected chi connectivity index (χ4v) is 5.71. The van der Waals surface area contributed by atoms with Crippen molar-refractivity contribution in [2.75, 3.05) is 19.4 Å². The highest BCUT2D eigenvalue weighted by Crippen LogP contribution is 2.40. The van der Waals surface area contributed by atoms with Crippen molar-refractivity contribution in [2.24, 2.45) is 5.73 Å². The molecule has 0 aliphatic heterocycles. The van der Waals surface area contributed by atoms with Gasteiger partial charge in [-0.1, -0.05) is 30.3 Å². The van der Waals surface area contributed by atoms with E-state index in [0.717, 1.165) is 14.7 Å². The molecule has 168 valence electrons. The third-order valence-corrected chi connectivity index (χ3v) is 8.22. The topological polar surface area (TPSA) is 110 Å². The van der Waals surface area contributed by atoms with Gasteiger partial charge in [0.25, 0.3) is 11.8 Å². The Morgan fingerprint density at radius 2 is 1.66 bits per heavy atom. The highest BCUT2D eigenvalue weighted by atomic mass is 32.2. The van der Waals surface area contributed by atoms with Crippen LogP contribution >= 0.6 is 11.3 Å². The first-order valence-electron chi connectivity index (χ1n) is 9.79. The van der Waals surface area contributed by atoms with E-state index >= 15 is 0 Å². The van der Waals surface area contributed by atoms with Gasteiger partial charge in [0.15, 0.2) is 0 Å². The van der Waals surface area contributed by atoms with Gasteiger partial charge in [0, 0.05) is 30.1 Å². The van der Waals surface area contributed by atoms with E-state index < -0.39 is 21.8 Å². The lowest BCUT2D eigenvalue weighted by molar-refractivity contribution is 0.100. The van der Waals surface area contributed by atoms with Crippen molar-refractivity contribution in [3.05, 3.63) is 69.6 Å². The van der Waals surface area contributed by atoms with Crippen molar-refractivity contribution in [3.63, 3.8) is 0 Å². The number of hydrogen-bond donors (Lipinski definition) is 2. The summed E-state index contributed by atoms with van der Waals surface area (Å²) in [5.41, 5.74) is 8.82. The molecule has 0 spiro atoms. The second-order valence-electron chi connectivity index (χ2n) is 7.63. The number of nitrogens with two attached hydrogens (primary N) is 1. The highest BCUT2D eigenvalue weighted by molar-refractivity contribution is 7.89. The third-order valence-electron chi connectivity index (χ3n) is 5.26. The highest BCUT2D eigenvalue weighted by Gasteiger charge is 2.25. The van der Waals surface area contributed by atoms with Crippen molar-refractivity contribution >= 4 is 38.2 Å². The fourth-order valence-electron chi connectivity index (χ4n) is 3.42. The first-order valence-corrected chi connectivity index (χ1v) is 12.0. The minimum atomic E-state index is -3.74. The van der Waals surface area contributed by atoms with Gasteiger partial charge in [-0.15, -0.1) is 11.3 Å². The number of aryl methyl sites for hydroxylation is 2. The fraction of sp³-hybridized carbons (Fsp3) is 0.217. The summed E-state index contributed by atoms with van der Waals surface area (Å²) in [6.07, 6.45) is 0. The first-order chi connectivity index (χ1) is 14.9. The first kappa shape index (κ1) is 23.6. The van der Waals surface area contributed by atoms with E-state index in [2.05, 4.69) is 5.32 Å². The number of hydrogen-bond acceptors (Lipinski definition) is 5. The number of rotatable bonds is 6. The maximum atomic E-state index is 13.1. The number of thiophene rings is 1. The van der Waals surface area contributed by atoms with Crippen LogP contribution in [0.1, 0.15) is 36.7 Å². The smallest absolute Gasteiger partial charge is 0.256 e. The van der Waals surface area contributed by atoms with E-state index in [0.29, 0.717) is 21.7 Å². The molecule has 0 aliphatic carbocycles. The molecule has 0 bridgehead atoms. The van der Waals surface area contributed by atoms with E-state index in [-0.39, 0.29) is 16.0 Å². The van der Waals surface area contributed by atoms with Crippen LogP contribution in [-0.2, 0) is 10.0 Å². The molecule has 0 aliphatic rings. The van der Waals surface area contributed by atoms with Crippen LogP contribution in [0.5, 0.6) is 0 Å². The van der Waals surface area contributed by atoms with Gasteiger partial charge in [-0.05, 0) is 49.6 Å². The van der Waals surface area contributed by atoms with Gasteiger partial charge in [-0.3, -0.25) is 9.59 Å². The number of amides is 2. The van der Waals surface area contributed by atoms with Crippen LogP contribution in [0.4, 0.5) is 5.00 Å². The van der Waals surface area contributed by atoms with Crippen LogP contribution in [0.15, 0.2) is 47.4 Å². The maximum absolute atomic E-state index is 13.1. The normalized spacial score (nSPS) is 11.6. The van der Waals surface area contributed by atoms with Crippen molar-refractivity contribution in [3.8, 4) is 11.1 Å². The molecule has 2 amide bonds. The van der Waals surface area contributed by atoms with Crippen LogP contribution in [0, 0.1) is 20.8 Å². The minimum Gasteiger partial charge on any atom is -0.365 e. The molecule has 2 aromatic carbocycles. The number of carbonyl (C=O) groups excluding carboxylic acids is 2. The van der Waals surface area contributed by atoms with Crippen LogP contribution in [0.2, 0.25) is 0 Å². The Labute approximate surface area is 191 Å². The zero-order chi connectivity index (χ0) is 23.8. The monoisotopic (exact) mass is 471 g/mol. The van der Waals surface area contributed by atoms with Crippen LogP contribution in [-0.4, -0.2) is 38.6 Å². The van der Waals surface area contributed by atoms with Gasteiger partial charge in [-0.2, -0.15) is 0 Å². The van der Waals surface area contributed by atoms with E-state index in [4.69, 9.17) is 5.73 Å². The summed E-state index contributed by atoms with van der Waals surface area (Å²) in [6, 6.07) is 12.3. The lowest BCUT2D eigenvalue weighted by atomic mass is 10.0. The number of nitrogens with one attached hydrogen (secondary N) is 1.